The Bertz CT molecular complexity index is 574. The highest BCUT2D eigenvalue weighted by molar-refractivity contribution is 9.10. The normalized spacial score (nSPS) is 10.6. The van der Waals surface area contributed by atoms with Crippen molar-refractivity contribution in [2.75, 3.05) is 11.2 Å². The Morgan fingerprint density at radius 2 is 1.95 bits per heavy atom. The summed E-state index contributed by atoms with van der Waals surface area (Å²) in [6.07, 6.45) is 1.95. The second-order valence-corrected chi connectivity index (χ2v) is 5.73. The number of rotatable bonds is 6. The van der Waals surface area contributed by atoms with Crippen LogP contribution in [0.3, 0.4) is 0 Å². The maximum Gasteiger partial charge on any atom is 0.137 e. The van der Waals surface area contributed by atoms with E-state index in [1.54, 1.807) is 6.07 Å². The van der Waals surface area contributed by atoms with Gasteiger partial charge < -0.3 is 5.32 Å². The first-order valence-electron chi connectivity index (χ1n) is 6.52. The zero-order valence-corrected chi connectivity index (χ0v) is 13.3. The van der Waals surface area contributed by atoms with Crippen LogP contribution in [0.1, 0.15) is 17.5 Å². The summed E-state index contributed by atoms with van der Waals surface area (Å²) >= 11 is 8.98. The lowest BCUT2D eigenvalue weighted by Gasteiger charge is -2.10. The number of hydrogen-bond acceptors (Lipinski definition) is 1. The first kappa shape index (κ1) is 15.3. The van der Waals surface area contributed by atoms with Gasteiger partial charge in [0.1, 0.15) is 5.82 Å². The van der Waals surface area contributed by atoms with Crippen LogP contribution in [0.4, 0.5) is 10.1 Å². The van der Waals surface area contributed by atoms with Crippen LogP contribution in [-0.4, -0.2) is 5.88 Å². The quantitative estimate of drug-likeness (QED) is 0.686. The minimum absolute atomic E-state index is 0.236. The molecule has 0 bridgehead atoms. The van der Waals surface area contributed by atoms with Gasteiger partial charge in [0.25, 0.3) is 0 Å². The molecule has 0 atom stereocenters. The molecule has 0 heterocycles. The van der Waals surface area contributed by atoms with Gasteiger partial charge in [-0.3, -0.25) is 0 Å². The molecule has 106 valence electrons. The summed E-state index contributed by atoms with van der Waals surface area (Å²) in [7, 11) is 0. The molecule has 0 radical (unpaired) electrons. The molecule has 0 unspecified atom stereocenters. The molecule has 4 heteroatoms. The molecule has 2 aromatic rings. The van der Waals surface area contributed by atoms with Crippen molar-refractivity contribution in [2.45, 2.75) is 19.4 Å². The predicted molar refractivity (Wildman–Crippen MR) is 86.9 cm³/mol. The van der Waals surface area contributed by atoms with E-state index in [9.17, 15) is 4.39 Å². The van der Waals surface area contributed by atoms with E-state index in [0.717, 1.165) is 24.1 Å². The maximum absolute atomic E-state index is 13.4. The molecule has 1 N–H and O–H groups in total. The summed E-state index contributed by atoms with van der Waals surface area (Å²) in [4.78, 5) is 0. The molecule has 0 saturated carbocycles. The Kier molecular flexibility index (Phi) is 5.86. The monoisotopic (exact) mass is 355 g/mol. The third-order valence-electron chi connectivity index (χ3n) is 3.04. The van der Waals surface area contributed by atoms with Crippen molar-refractivity contribution < 1.29 is 4.39 Å². The average Bonchev–Trinajstić information content (AvgIpc) is 2.47. The van der Waals surface area contributed by atoms with Gasteiger partial charge in [-0.05, 0) is 58.1 Å². The van der Waals surface area contributed by atoms with E-state index >= 15 is 0 Å². The van der Waals surface area contributed by atoms with Crippen molar-refractivity contribution in [1.29, 1.82) is 0 Å². The molecule has 0 saturated heterocycles. The summed E-state index contributed by atoms with van der Waals surface area (Å²) in [6, 6.07) is 13.3. The third kappa shape index (κ3) is 4.22. The largest absolute Gasteiger partial charge is 0.381 e. The third-order valence-corrected chi connectivity index (χ3v) is 4.20. The van der Waals surface area contributed by atoms with E-state index in [-0.39, 0.29) is 5.82 Å². The van der Waals surface area contributed by atoms with Gasteiger partial charge in [-0.15, -0.1) is 11.6 Å². The van der Waals surface area contributed by atoms with Gasteiger partial charge in [-0.25, -0.2) is 4.39 Å². The second-order valence-electron chi connectivity index (χ2n) is 4.56. The van der Waals surface area contributed by atoms with Crippen LogP contribution < -0.4 is 5.32 Å². The van der Waals surface area contributed by atoms with Crippen LogP contribution >= 0.6 is 27.5 Å². The van der Waals surface area contributed by atoms with Crippen LogP contribution in [0.5, 0.6) is 0 Å². The number of nitrogens with one attached hydrogen (secondary N) is 1. The van der Waals surface area contributed by atoms with Crippen molar-refractivity contribution in [3.63, 3.8) is 0 Å². The summed E-state index contributed by atoms with van der Waals surface area (Å²) in [6.45, 7) is 0.581. The molecule has 0 amide bonds. The Labute approximate surface area is 132 Å². The van der Waals surface area contributed by atoms with Crippen LogP contribution in [0.25, 0.3) is 0 Å². The van der Waals surface area contributed by atoms with Crippen LogP contribution in [-0.2, 0) is 13.0 Å². The van der Waals surface area contributed by atoms with Crippen molar-refractivity contribution in [3.05, 3.63) is 63.9 Å². The smallest absolute Gasteiger partial charge is 0.137 e. The van der Waals surface area contributed by atoms with Gasteiger partial charge >= 0.3 is 0 Å². The van der Waals surface area contributed by atoms with Crippen molar-refractivity contribution in [3.8, 4) is 0 Å². The standard InChI is InChI=1S/C16H16BrClFN/c17-16-13(6-2-8-15(16)19)11-20-14-7-1-4-12(10-14)5-3-9-18/h1-2,4,6-8,10,20H,3,5,9,11H2. The number of anilines is 1. The molecule has 0 aromatic heterocycles. The number of halogens is 3. The van der Waals surface area contributed by atoms with E-state index in [0.29, 0.717) is 16.9 Å². The molecule has 2 rings (SSSR count). The fraction of sp³-hybridized carbons (Fsp3) is 0.250. The van der Waals surface area contributed by atoms with Crippen LogP contribution in [0.2, 0.25) is 0 Å². The Hall–Kier alpha value is -1.06. The molecule has 0 aliphatic carbocycles. The zero-order valence-electron chi connectivity index (χ0n) is 11.0. The molecule has 0 aliphatic heterocycles. The fourth-order valence-corrected chi connectivity index (χ4v) is 2.53. The fourth-order valence-electron chi connectivity index (χ4n) is 1.99. The van der Waals surface area contributed by atoms with Gasteiger partial charge in [0.2, 0.25) is 0 Å². The highest BCUT2D eigenvalue weighted by atomic mass is 79.9. The number of hydrogen-bond donors (Lipinski definition) is 1. The average molecular weight is 357 g/mol. The molecule has 20 heavy (non-hydrogen) atoms. The lowest BCUT2D eigenvalue weighted by Crippen LogP contribution is -2.01. The Morgan fingerprint density at radius 3 is 2.75 bits per heavy atom. The SMILES string of the molecule is Fc1cccc(CNc2cccc(CCCCl)c2)c1Br. The summed E-state index contributed by atoms with van der Waals surface area (Å²) in [5.74, 6) is 0.439. The zero-order chi connectivity index (χ0) is 14.4. The predicted octanol–water partition coefficient (Wildman–Crippen LogP) is 5.37. The van der Waals surface area contributed by atoms with E-state index < -0.39 is 0 Å². The topological polar surface area (TPSA) is 12.0 Å². The second kappa shape index (κ2) is 7.65. The maximum atomic E-state index is 13.4. The Morgan fingerprint density at radius 1 is 1.15 bits per heavy atom. The molecule has 0 spiro atoms. The van der Waals surface area contributed by atoms with Crippen molar-refractivity contribution >= 4 is 33.2 Å². The minimum Gasteiger partial charge on any atom is -0.381 e. The highest BCUT2D eigenvalue weighted by Crippen LogP contribution is 2.22. The molecular weight excluding hydrogens is 341 g/mol. The highest BCUT2D eigenvalue weighted by Gasteiger charge is 2.04. The molecule has 1 nitrogen and oxygen atoms in total. The number of aryl methyl sites for hydroxylation is 1. The lowest BCUT2D eigenvalue weighted by molar-refractivity contribution is 0.618. The first-order chi connectivity index (χ1) is 9.70. The lowest BCUT2D eigenvalue weighted by atomic mass is 10.1. The minimum atomic E-state index is -0.236. The molecule has 2 aromatic carbocycles. The molecular formula is C16H16BrClFN. The van der Waals surface area contributed by atoms with Gasteiger partial charge in [0.05, 0.1) is 4.47 Å². The molecule has 0 fully saturated rings. The summed E-state index contributed by atoms with van der Waals surface area (Å²) < 4.78 is 13.9. The van der Waals surface area contributed by atoms with Gasteiger partial charge in [-0.2, -0.15) is 0 Å². The Balaban J connectivity index is 2.01. The van der Waals surface area contributed by atoms with Gasteiger partial charge in [-0.1, -0.05) is 24.3 Å². The van der Waals surface area contributed by atoms with Crippen LogP contribution in [0.15, 0.2) is 46.9 Å². The van der Waals surface area contributed by atoms with E-state index in [1.807, 2.05) is 18.2 Å². The molecule has 0 aliphatic rings. The number of alkyl halides is 1. The van der Waals surface area contributed by atoms with Crippen LogP contribution in [0, 0.1) is 5.82 Å². The number of benzene rings is 2. The van der Waals surface area contributed by atoms with Gasteiger partial charge in [0, 0.05) is 18.1 Å². The summed E-state index contributed by atoms with van der Waals surface area (Å²) in [5.41, 5.74) is 3.19. The van der Waals surface area contributed by atoms with Gasteiger partial charge in [0.15, 0.2) is 0 Å². The van der Waals surface area contributed by atoms with E-state index in [1.165, 1.54) is 11.6 Å². The first-order valence-corrected chi connectivity index (χ1v) is 7.85. The van der Waals surface area contributed by atoms with E-state index in [4.69, 9.17) is 11.6 Å². The van der Waals surface area contributed by atoms with E-state index in [2.05, 4.69) is 33.4 Å². The van der Waals surface area contributed by atoms with Crippen molar-refractivity contribution in [2.24, 2.45) is 0 Å². The van der Waals surface area contributed by atoms with Crippen molar-refractivity contribution in [1.82, 2.24) is 0 Å². The summed E-state index contributed by atoms with van der Waals surface area (Å²) in [5, 5.41) is 3.32.